The average Bonchev–Trinajstić information content (AvgIpc) is 2.31. The molecule has 1 aromatic carbocycles. The van der Waals surface area contributed by atoms with E-state index in [1.165, 1.54) is 6.07 Å². The molecule has 0 saturated carbocycles. The summed E-state index contributed by atoms with van der Waals surface area (Å²) in [6.07, 6.45) is 0. The standard InChI is InChI=1S/C12H13NO5/c1-3-16-9-5-7-8(6-10(9)17-4-2)13-12(15)18-11(7)14/h5-6H,3-4H2,1-2H3,(H,13,15). The molecule has 1 N–H and O–H groups in total. The fraction of sp³-hybridized carbons (Fsp3) is 0.333. The molecule has 0 radical (unpaired) electrons. The second-order valence-electron chi connectivity index (χ2n) is 3.51. The molecule has 18 heavy (non-hydrogen) atoms. The van der Waals surface area contributed by atoms with Crippen LogP contribution in [0.3, 0.4) is 0 Å². The minimum atomic E-state index is -0.792. The Morgan fingerprint density at radius 2 is 1.72 bits per heavy atom. The summed E-state index contributed by atoms with van der Waals surface area (Å²) >= 11 is 0. The highest BCUT2D eigenvalue weighted by atomic mass is 16.5. The second kappa shape index (κ2) is 4.95. The minimum Gasteiger partial charge on any atom is -0.490 e. The molecule has 0 aliphatic carbocycles. The normalized spacial score (nSPS) is 10.6. The zero-order valence-corrected chi connectivity index (χ0v) is 10.1. The van der Waals surface area contributed by atoms with Crippen molar-refractivity contribution in [2.45, 2.75) is 13.8 Å². The Morgan fingerprint density at radius 3 is 2.33 bits per heavy atom. The van der Waals surface area contributed by atoms with Crippen LogP contribution in [0.15, 0.2) is 26.1 Å². The Labute approximate surface area is 102 Å². The molecule has 0 aliphatic heterocycles. The zero-order chi connectivity index (χ0) is 13.1. The number of fused-ring (bicyclic) bond motifs is 1. The van der Waals surface area contributed by atoms with Gasteiger partial charge in [0.15, 0.2) is 11.5 Å². The number of hydrogen-bond acceptors (Lipinski definition) is 5. The first kappa shape index (κ1) is 12.2. The number of H-pyrrole nitrogens is 1. The highest BCUT2D eigenvalue weighted by Crippen LogP contribution is 2.30. The van der Waals surface area contributed by atoms with Crippen LogP contribution in [0.2, 0.25) is 0 Å². The fourth-order valence-electron chi connectivity index (χ4n) is 1.64. The van der Waals surface area contributed by atoms with Crippen LogP contribution in [-0.2, 0) is 0 Å². The SMILES string of the molecule is CCOc1cc2[nH]c(=O)oc(=O)c2cc1OCC. The number of aromatic nitrogens is 1. The smallest absolute Gasteiger partial charge is 0.419 e. The van der Waals surface area contributed by atoms with Crippen LogP contribution in [0.25, 0.3) is 10.9 Å². The zero-order valence-electron chi connectivity index (χ0n) is 10.1. The van der Waals surface area contributed by atoms with Crippen LogP contribution < -0.4 is 20.9 Å². The first-order valence-corrected chi connectivity index (χ1v) is 5.62. The molecule has 0 bridgehead atoms. The van der Waals surface area contributed by atoms with E-state index in [-0.39, 0.29) is 5.39 Å². The number of rotatable bonds is 4. The van der Waals surface area contributed by atoms with Crippen molar-refractivity contribution in [1.82, 2.24) is 4.98 Å². The summed E-state index contributed by atoms with van der Waals surface area (Å²) in [6, 6.07) is 3.06. The van der Waals surface area contributed by atoms with E-state index in [0.717, 1.165) is 0 Å². The van der Waals surface area contributed by atoms with Crippen molar-refractivity contribution in [3.8, 4) is 11.5 Å². The summed E-state index contributed by atoms with van der Waals surface area (Å²) in [5, 5.41) is 0.251. The van der Waals surface area contributed by atoms with E-state index >= 15 is 0 Å². The van der Waals surface area contributed by atoms with Crippen LogP contribution in [0.1, 0.15) is 13.8 Å². The van der Waals surface area contributed by atoms with Gasteiger partial charge in [0.25, 0.3) is 0 Å². The maximum Gasteiger partial charge on any atom is 0.419 e. The number of hydrogen-bond donors (Lipinski definition) is 1. The third-order valence-electron chi connectivity index (χ3n) is 2.33. The van der Waals surface area contributed by atoms with E-state index in [2.05, 4.69) is 9.40 Å². The van der Waals surface area contributed by atoms with Crippen LogP contribution in [0.5, 0.6) is 11.5 Å². The molecule has 6 nitrogen and oxygen atoms in total. The van der Waals surface area contributed by atoms with Gasteiger partial charge in [0.05, 0.1) is 24.1 Å². The Bertz CT molecular complexity index is 670. The predicted molar refractivity (Wildman–Crippen MR) is 65.4 cm³/mol. The van der Waals surface area contributed by atoms with Crippen molar-refractivity contribution in [1.29, 1.82) is 0 Å². The topological polar surface area (TPSA) is 81.5 Å². The fourth-order valence-corrected chi connectivity index (χ4v) is 1.64. The van der Waals surface area contributed by atoms with Gasteiger partial charge in [-0.15, -0.1) is 0 Å². The third kappa shape index (κ3) is 2.22. The lowest BCUT2D eigenvalue weighted by atomic mass is 10.2. The molecule has 6 heteroatoms. The maximum atomic E-state index is 11.5. The highest BCUT2D eigenvalue weighted by Gasteiger charge is 2.11. The molecule has 0 unspecified atom stereocenters. The molecule has 0 amide bonds. The largest absolute Gasteiger partial charge is 0.490 e. The van der Waals surface area contributed by atoms with Gasteiger partial charge in [-0.05, 0) is 13.8 Å². The van der Waals surface area contributed by atoms with E-state index in [1.54, 1.807) is 6.07 Å². The molecule has 0 fully saturated rings. The van der Waals surface area contributed by atoms with E-state index < -0.39 is 11.4 Å². The van der Waals surface area contributed by atoms with Crippen molar-refractivity contribution in [2.75, 3.05) is 13.2 Å². The van der Waals surface area contributed by atoms with E-state index in [4.69, 9.17) is 9.47 Å². The molecule has 2 aromatic rings. The molecule has 1 aromatic heterocycles. The van der Waals surface area contributed by atoms with Gasteiger partial charge < -0.3 is 13.9 Å². The second-order valence-corrected chi connectivity index (χ2v) is 3.51. The number of benzene rings is 1. The molecule has 1 heterocycles. The average molecular weight is 251 g/mol. The molecule has 96 valence electrons. The van der Waals surface area contributed by atoms with Crippen molar-refractivity contribution < 1.29 is 13.9 Å². The van der Waals surface area contributed by atoms with Crippen molar-refractivity contribution >= 4 is 10.9 Å². The first-order valence-electron chi connectivity index (χ1n) is 5.62. The van der Waals surface area contributed by atoms with Gasteiger partial charge in [-0.3, -0.25) is 4.98 Å². The first-order chi connectivity index (χ1) is 8.65. The Morgan fingerprint density at radius 1 is 1.11 bits per heavy atom. The number of nitrogens with one attached hydrogen (secondary N) is 1. The van der Waals surface area contributed by atoms with Gasteiger partial charge in [-0.1, -0.05) is 0 Å². The molecule has 0 aliphatic rings. The van der Waals surface area contributed by atoms with Crippen molar-refractivity contribution in [3.05, 3.63) is 33.1 Å². The minimum absolute atomic E-state index is 0.251. The van der Waals surface area contributed by atoms with Gasteiger partial charge in [-0.2, -0.15) is 0 Å². The van der Waals surface area contributed by atoms with Crippen molar-refractivity contribution in [3.63, 3.8) is 0 Å². The Hall–Kier alpha value is -2.24. The molecule has 0 spiro atoms. The van der Waals surface area contributed by atoms with Crippen LogP contribution in [0.4, 0.5) is 0 Å². The summed E-state index contributed by atoms with van der Waals surface area (Å²) in [4.78, 5) is 25.1. The van der Waals surface area contributed by atoms with Crippen LogP contribution >= 0.6 is 0 Å². The maximum absolute atomic E-state index is 11.5. The summed E-state index contributed by atoms with van der Waals surface area (Å²) in [5.41, 5.74) is -0.332. The lowest BCUT2D eigenvalue weighted by molar-refractivity contribution is 0.288. The van der Waals surface area contributed by atoms with E-state index in [1.807, 2.05) is 13.8 Å². The van der Waals surface area contributed by atoms with Crippen molar-refractivity contribution in [2.24, 2.45) is 0 Å². The quantitative estimate of drug-likeness (QED) is 0.885. The molecule has 2 rings (SSSR count). The Balaban J connectivity index is 2.71. The summed E-state index contributed by atoms with van der Waals surface area (Å²) in [6.45, 7) is 4.56. The lowest BCUT2D eigenvalue weighted by Gasteiger charge is -2.11. The third-order valence-corrected chi connectivity index (χ3v) is 2.33. The number of aromatic amines is 1. The van der Waals surface area contributed by atoms with Gasteiger partial charge in [0.1, 0.15) is 0 Å². The molecular weight excluding hydrogens is 238 g/mol. The Kier molecular flexibility index (Phi) is 3.36. The van der Waals surface area contributed by atoms with Crippen LogP contribution in [0, 0.1) is 0 Å². The van der Waals surface area contributed by atoms with E-state index in [0.29, 0.717) is 30.2 Å². The van der Waals surface area contributed by atoms with Crippen LogP contribution in [-0.4, -0.2) is 18.2 Å². The summed E-state index contributed by atoms with van der Waals surface area (Å²) < 4.78 is 15.2. The van der Waals surface area contributed by atoms with E-state index in [9.17, 15) is 9.59 Å². The molecule has 0 atom stereocenters. The number of ether oxygens (including phenoxy) is 2. The monoisotopic (exact) mass is 251 g/mol. The van der Waals surface area contributed by atoms with Gasteiger partial charge in [0.2, 0.25) is 0 Å². The molecule has 0 saturated heterocycles. The summed E-state index contributed by atoms with van der Waals surface area (Å²) in [5.74, 6) is 0.137. The predicted octanol–water partition coefficient (Wildman–Crippen LogP) is 1.28. The highest BCUT2D eigenvalue weighted by molar-refractivity contribution is 5.81. The van der Waals surface area contributed by atoms with Gasteiger partial charge in [-0.25, -0.2) is 9.59 Å². The molecular formula is C12H13NO5. The summed E-state index contributed by atoms with van der Waals surface area (Å²) in [7, 11) is 0. The lowest BCUT2D eigenvalue weighted by Crippen LogP contribution is -2.14. The van der Waals surface area contributed by atoms with Gasteiger partial charge >= 0.3 is 11.4 Å². The van der Waals surface area contributed by atoms with Gasteiger partial charge in [0, 0.05) is 12.1 Å².